The van der Waals surface area contributed by atoms with Crippen molar-refractivity contribution in [2.45, 2.75) is 111 Å². The molecule has 1 heterocycles. The van der Waals surface area contributed by atoms with Gasteiger partial charge in [0.1, 0.15) is 5.60 Å². The molecule has 240 valence electrons. The van der Waals surface area contributed by atoms with Crippen LogP contribution in [-0.2, 0) is 9.53 Å². The lowest BCUT2D eigenvalue weighted by Gasteiger charge is -2.73. The maximum Gasteiger partial charge on any atom is 0.312 e. The zero-order chi connectivity index (χ0) is 31.1. The van der Waals surface area contributed by atoms with E-state index in [1.165, 1.54) is 36.3 Å². The van der Waals surface area contributed by atoms with Gasteiger partial charge in [-0.15, -0.1) is 0 Å². The van der Waals surface area contributed by atoms with E-state index in [-0.39, 0.29) is 33.0 Å². The lowest BCUT2D eigenvalue weighted by atomic mass is 9.31. The van der Waals surface area contributed by atoms with Gasteiger partial charge >= 0.3 is 5.97 Å². The molecule has 5 aliphatic carbocycles. The molecule has 5 heteroatoms. The smallest absolute Gasteiger partial charge is 0.312 e. The highest BCUT2D eigenvalue weighted by molar-refractivity contribution is 7.99. The number of hydrogen-bond donors (Lipinski definition) is 1. The fraction of sp³-hybridized carbons (Fsp3) is 0.868. The number of methoxy groups -OCH3 is 1. The Morgan fingerprint density at radius 1 is 0.930 bits per heavy atom. The topological polar surface area (TPSA) is 49.8 Å². The second-order valence-corrected chi connectivity index (χ2v) is 18.3. The Bertz CT molecular complexity index is 1200. The van der Waals surface area contributed by atoms with Crippen LogP contribution in [-0.4, -0.2) is 59.8 Å². The molecule has 0 bridgehead atoms. The minimum absolute atomic E-state index is 0.0415. The van der Waals surface area contributed by atoms with Gasteiger partial charge < -0.3 is 9.84 Å². The van der Waals surface area contributed by atoms with Crippen LogP contribution in [0.1, 0.15) is 106 Å². The van der Waals surface area contributed by atoms with Crippen LogP contribution in [0.3, 0.4) is 0 Å². The van der Waals surface area contributed by atoms with Crippen molar-refractivity contribution in [1.82, 2.24) is 4.90 Å². The Morgan fingerprint density at radius 2 is 1.65 bits per heavy atom. The van der Waals surface area contributed by atoms with Crippen LogP contribution in [0.25, 0.3) is 0 Å². The zero-order valence-electron chi connectivity index (χ0n) is 28.3. The van der Waals surface area contributed by atoms with Crippen LogP contribution in [0.15, 0.2) is 12.2 Å². The summed E-state index contributed by atoms with van der Waals surface area (Å²) < 4.78 is 5.55. The lowest BCUT2D eigenvalue weighted by Crippen LogP contribution is -2.68. The normalized spacial score (nSPS) is 48.9. The first-order valence-corrected chi connectivity index (χ1v) is 18.6. The second-order valence-electron chi connectivity index (χ2n) is 17.1. The van der Waals surface area contributed by atoms with Crippen LogP contribution in [0, 0.1) is 68.5 Å². The Labute approximate surface area is 266 Å². The fourth-order valence-electron chi connectivity index (χ4n) is 12.9. The summed E-state index contributed by atoms with van der Waals surface area (Å²) in [5.41, 5.74) is 0.332. The first-order chi connectivity index (χ1) is 20.2. The Kier molecular flexibility index (Phi) is 8.04. The summed E-state index contributed by atoms with van der Waals surface area (Å²) in [5, 5.41) is 12.2. The molecule has 43 heavy (non-hydrogen) atoms. The van der Waals surface area contributed by atoms with E-state index in [9.17, 15) is 9.90 Å². The summed E-state index contributed by atoms with van der Waals surface area (Å²) in [6, 6.07) is 0. The average Bonchev–Trinajstić information content (AvgIpc) is 3.37. The van der Waals surface area contributed by atoms with E-state index in [0.29, 0.717) is 29.6 Å². The predicted octanol–water partition coefficient (Wildman–Crippen LogP) is 7.60. The summed E-state index contributed by atoms with van der Waals surface area (Å²) in [6.07, 6.45) is 10.7. The molecule has 0 unspecified atom stereocenters. The molecule has 5 saturated carbocycles. The van der Waals surface area contributed by atoms with Crippen molar-refractivity contribution < 1.29 is 14.6 Å². The van der Waals surface area contributed by atoms with E-state index >= 15 is 0 Å². The highest BCUT2D eigenvalue weighted by Crippen LogP contribution is 2.78. The van der Waals surface area contributed by atoms with E-state index in [0.717, 1.165) is 64.6 Å². The molecule has 0 aromatic rings. The van der Waals surface area contributed by atoms with Gasteiger partial charge in [-0.2, -0.15) is 11.8 Å². The third-order valence-corrected chi connectivity index (χ3v) is 16.5. The molecular weight excluding hydrogens is 550 g/mol. The largest absolute Gasteiger partial charge is 0.469 e. The van der Waals surface area contributed by atoms with Crippen LogP contribution in [0.2, 0.25) is 0 Å². The third kappa shape index (κ3) is 4.41. The number of esters is 1. The van der Waals surface area contributed by atoms with Crippen LogP contribution >= 0.6 is 11.8 Å². The predicted molar refractivity (Wildman–Crippen MR) is 177 cm³/mol. The molecule has 1 saturated heterocycles. The van der Waals surface area contributed by atoms with E-state index in [4.69, 9.17) is 4.74 Å². The van der Waals surface area contributed by atoms with E-state index in [1.807, 2.05) is 11.8 Å². The minimum atomic E-state index is -0.930. The van der Waals surface area contributed by atoms with Crippen molar-refractivity contribution in [3.63, 3.8) is 0 Å². The SMILES string of the molecule is C=C(C)[C@@H]1CC[C@]2(C(=O)OC)CC[C@]3(C)[C@H](CC[C@@H]4[C@@]5(C)CC[C@@](O)(C#CCN6CCSCC6)C(C)(C)[C@@H]5CC[C@]43C)[C@@H]12. The number of allylic oxidation sites excluding steroid dienone is 1. The first kappa shape index (κ1) is 32.0. The van der Waals surface area contributed by atoms with Crippen molar-refractivity contribution in [2.75, 3.05) is 38.2 Å². The summed E-state index contributed by atoms with van der Waals surface area (Å²) in [4.78, 5) is 16.0. The maximum atomic E-state index is 13.5. The second kappa shape index (κ2) is 10.8. The molecule has 0 amide bonds. The maximum absolute atomic E-state index is 13.5. The molecule has 6 rings (SSSR count). The number of nitrogens with zero attached hydrogens (tertiary/aromatic N) is 1. The molecule has 6 fully saturated rings. The Balaban J connectivity index is 1.29. The van der Waals surface area contributed by atoms with Crippen LogP contribution in [0.4, 0.5) is 0 Å². The highest BCUT2D eigenvalue weighted by Gasteiger charge is 2.73. The summed E-state index contributed by atoms with van der Waals surface area (Å²) >= 11 is 2.03. The van der Waals surface area contributed by atoms with Gasteiger partial charge in [0.15, 0.2) is 0 Å². The fourth-order valence-corrected chi connectivity index (χ4v) is 13.9. The van der Waals surface area contributed by atoms with Gasteiger partial charge in [0.2, 0.25) is 0 Å². The number of carbonyl (C=O) groups is 1. The van der Waals surface area contributed by atoms with Crippen molar-refractivity contribution in [1.29, 1.82) is 0 Å². The van der Waals surface area contributed by atoms with Crippen molar-refractivity contribution in [2.24, 2.45) is 56.7 Å². The lowest BCUT2D eigenvalue weighted by molar-refractivity contribution is -0.256. The number of fused-ring (bicyclic) bond motifs is 7. The first-order valence-electron chi connectivity index (χ1n) is 17.5. The molecule has 1 aliphatic heterocycles. The van der Waals surface area contributed by atoms with Crippen molar-refractivity contribution in [3.05, 3.63) is 12.2 Å². The summed E-state index contributed by atoms with van der Waals surface area (Å²) in [7, 11) is 1.60. The van der Waals surface area contributed by atoms with Crippen LogP contribution in [0.5, 0.6) is 0 Å². The average molecular weight is 610 g/mol. The van der Waals surface area contributed by atoms with Gasteiger partial charge in [0.05, 0.1) is 19.1 Å². The molecule has 4 nitrogen and oxygen atoms in total. The van der Waals surface area contributed by atoms with Crippen molar-refractivity contribution in [3.8, 4) is 11.8 Å². The van der Waals surface area contributed by atoms with Gasteiger partial charge in [-0.3, -0.25) is 9.69 Å². The number of aliphatic hydroxyl groups is 1. The Morgan fingerprint density at radius 3 is 2.33 bits per heavy atom. The number of rotatable bonds is 3. The standard InChI is InChI=1S/C38H59NO3S/c1-26(2)27-12-16-37(32(40)42-8)19-18-35(6)28(31(27)37)10-11-30-34(5)17-20-38(41,14-9-21-39-22-24-43-25-23-39)33(3,4)29(34)13-15-36(30,35)7/h27-31,41H,1,10-13,15-25H2,2-8H3/t27-,28+,29-,30+,31+,34-,35+,36+,37-,38-/m0/s1. The van der Waals surface area contributed by atoms with Crippen molar-refractivity contribution >= 4 is 17.7 Å². The molecule has 10 atom stereocenters. The minimum Gasteiger partial charge on any atom is -0.469 e. The van der Waals surface area contributed by atoms with Crippen LogP contribution < -0.4 is 0 Å². The molecule has 0 aromatic carbocycles. The molecule has 6 aliphatic rings. The van der Waals surface area contributed by atoms with E-state index in [1.54, 1.807) is 7.11 Å². The molecule has 1 N–H and O–H groups in total. The number of carbonyl (C=O) groups excluding carboxylic acids is 1. The molecule has 0 aromatic heterocycles. The van der Waals surface area contributed by atoms with Gasteiger partial charge in [-0.25, -0.2) is 0 Å². The molecular formula is C38H59NO3S. The third-order valence-electron chi connectivity index (χ3n) is 15.6. The van der Waals surface area contributed by atoms with E-state index in [2.05, 4.69) is 64.9 Å². The molecule has 0 radical (unpaired) electrons. The number of hydrogen-bond acceptors (Lipinski definition) is 5. The molecule has 0 spiro atoms. The summed E-state index contributed by atoms with van der Waals surface area (Å²) in [6.45, 7) is 22.2. The zero-order valence-corrected chi connectivity index (χ0v) is 29.1. The Hall–Kier alpha value is -0.960. The highest BCUT2D eigenvalue weighted by atomic mass is 32.2. The number of ether oxygens (including phenoxy) is 1. The number of thioether (sulfide) groups is 1. The van der Waals surface area contributed by atoms with Gasteiger partial charge in [-0.1, -0.05) is 58.6 Å². The quantitative estimate of drug-likeness (QED) is 0.203. The summed E-state index contributed by atoms with van der Waals surface area (Å²) in [5.74, 6) is 11.7. The van der Waals surface area contributed by atoms with E-state index < -0.39 is 5.60 Å². The monoisotopic (exact) mass is 609 g/mol. The van der Waals surface area contributed by atoms with Gasteiger partial charge in [0, 0.05) is 30.0 Å². The van der Waals surface area contributed by atoms with Gasteiger partial charge in [0.25, 0.3) is 0 Å². The van der Waals surface area contributed by atoms with Gasteiger partial charge in [-0.05, 0) is 117 Å².